The van der Waals surface area contributed by atoms with E-state index in [2.05, 4.69) is 65.7 Å². The lowest BCUT2D eigenvalue weighted by Crippen LogP contribution is -2.15. The summed E-state index contributed by atoms with van der Waals surface area (Å²) in [5.74, 6) is 8.32. The summed E-state index contributed by atoms with van der Waals surface area (Å²) in [6.07, 6.45) is 0. The van der Waals surface area contributed by atoms with Gasteiger partial charge >= 0.3 is 0 Å². The molecule has 1 aromatic heterocycles. The number of hydrazine groups is 1. The van der Waals surface area contributed by atoms with Gasteiger partial charge in [-0.1, -0.05) is 51.1 Å². The lowest BCUT2D eigenvalue weighted by molar-refractivity contribution is 0.765. The van der Waals surface area contributed by atoms with Gasteiger partial charge in [0.05, 0.1) is 0 Å². The summed E-state index contributed by atoms with van der Waals surface area (Å²) in [7, 11) is 0. The molecule has 21 heavy (non-hydrogen) atoms. The number of nitrogens with two attached hydrogens (primary N) is 1. The summed E-state index contributed by atoms with van der Waals surface area (Å²) in [5.41, 5.74) is 3.90. The van der Waals surface area contributed by atoms with Crippen LogP contribution in [-0.2, 0) is 0 Å². The molecule has 2 rings (SSSR count). The van der Waals surface area contributed by atoms with Crippen LogP contribution < -0.4 is 16.6 Å². The lowest BCUT2D eigenvalue weighted by Gasteiger charge is -2.15. The number of aromatic nitrogens is 2. The summed E-state index contributed by atoms with van der Waals surface area (Å²) in [5, 5.41) is 3.37. The maximum Gasteiger partial charge on any atom is 0.145 e. The van der Waals surface area contributed by atoms with Crippen LogP contribution in [-0.4, -0.2) is 16.5 Å². The number of nitrogens with zero attached hydrogens (tertiary/aromatic N) is 2. The van der Waals surface area contributed by atoms with Crippen molar-refractivity contribution in [3.63, 3.8) is 0 Å². The first-order valence-electron chi connectivity index (χ1n) is 7.24. The fourth-order valence-corrected chi connectivity index (χ4v) is 2.05. The third-order valence-corrected chi connectivity index (χ3v) is 3.37. The minimum Gasteiger partial charge on any atom is -0.369 e. The quantitative estimate of drug-likeness (QED) is 0.561. The van der Waals surface area contributed by atoms with E-state index in [9.17, 15) is 0 Å². The Balaban J connectivity index is 2.07. The molecule has 0 spiro atoms. The van der Waals surface area contributed by atoms with Gasteiger partial charge in [0.15, 0.2) is 0 Å². The van der Waals surface area contributed by atoms with Gasteiger partial charge in [0, 0.05) is 18.5 Å². The van der Waals surface area contributed by atoms with Crippen LogP contribution in [0.5, 0.6) is 0 Å². The molecule has 2 aromatic rings. The summed E-state index contributed by atoms with van der Waals surface area (Å²) < 4.78 is 0. The fourth-order valence-electron chi connectivity index (χ4n) is 2.05. The van der Waals surface area contributed by atoms with E-state index in [0.717, 1.165) is 18.2 Å². The SMILES string of the molecule is CC(C)c1nc(NN)cc(NCC(C)c2ccccc2)n1. The first kappa shape index (κ1) is 15.3. The van der Waals surface area contributed by atoms with Crippen LogP contribution in [0.3, 0.4) is 0 Å². The molecule has 1 atom stereocenters. The molecule has 0 aliphatic rings. The molecule has 0 saturated carbocycles. The van der Waals surface area contributed by atoms with Gasteiger partial charge in [-0.15, -0.1) is 0 Å². The predicted octanol–water partition coefficient (Wildman–Crippen LogP) is 3.10. The normalized spacial score (nSPS) is 12.2. The van der Waals surface area contributed by atoms with Crippen molar-refractivity contribution in [1.29, 1.82) is 0 Å². The van der Waals surface area contributed by atoms with E-state index < -0.39 is 0 Å². The first-order valence-corrected chi connectivity index (χ1v) is 7.24. The van der Waals surface area contributed by atoms with Crippen LogP contribution in [0.4, 0.5) is 11.6 Å². The minimum absolute atomic E-state index is 0.255. The van der Waals surface area contributed by atoms with Gasteiger partial charge in [-0.3, -0.25) is 0 Å². The Labute approximate surface area is 126 Å². The topological polar surface area (TPSA) is 75.9 Å². The summed E-state index contributed by atoms with van der Waals surface area (Å²) in [4.78, 5) is 8.88. The first-order chi connectivity index (χ1) is 10.1. The Morgan fingerprint density at radius 2 is 1.71 bits per heavy atom. The molecule has 0 aliphatic heterocycles. The number of hydrogen-bond donors (Lipinski definition) is 3. The zero-order valence-corrected chi connectivity index (χ0v) is 12.8. The van der Waals surface area contributed by atoms with Gasteiger partial charge in [0.25, 0.3) is 0 Å². The molecule has 0 saturated heterocycles. The molecule has 0 radical (unpaired) electrons. The van der Waals surface area contributed by atoms with Crippen molar-refractivity contribution in [2.24, 2.45) is 5.84 Å². The van der Waals surface area contributed by atoms with Crippen molar-refractivity contribution < 1.29 is 0 Å². The molecule has 0 aliphatic carbocycles. The molecular weight excluding hydrogens is 262 g/mol. The average Bonchev–Trinajstić information content (AvgIpc) is 2.53. The Morgan fingerprint density at radius 3 is 2.33 bits per heavy atom. The smallest absolute Gasteiger partial charge is 0.145 e. The van der Waals surface area contributed by atoms with Gasteiger partial charge in [-0.2, -0.15) is 0 Å². The van der Waals surface area contributed by atoms with Gasteiger partial charge < -0.3 is 10.7 Å². The molecule has 0 bridgehead atoms. The van der Waals surface area contributed by atoms with E-state index in [1.807, 2.05) is 12.1 Å². The zero-order chi connectivity index (χ0) is 15.2. The van der Waals surface area contributed by atoms with Gasteiger partial charge in [0.1, 0.15) is 17.5 Å². The highest BCUT2D eigenvalue weighted by atomic mass is 15.3. The molecule has 0 amide bonds. The van der Waals surface area contributed by atoms with Crippen molar-refractivity contribution in [3.05, 3.63) is 47.8 Å². The van der Waals surface area contributed by atoms with E-state index in [4.69, 9.17) is 5.84 Å². The highest BCUT2D eigenvalue weighted by molar-refractivity contribution is 5.47. The van der Waals surface area contributed by atoms with Crippen LogP contribution in [0.25, 0.3) is 0 Å². The number of nitrogen functional groups attached to an aromatic ring is 1. The molecular formula is C16H23N5. The predicted molar refractivity (Wildman–Crippen MR) is 87.3 cm³/mol. The Bertz CT molecular complexity index is 568. The van der Waals surface area contributed by atoms with E-state index in [0.29, 0.717) is 11.7 Å². The molecule has 5 heteroatoms. The second-order valence-electron chi connectivity index (χ2n) is 5.49. The summed E-state index contributed by atoms with van der Waals surface area (Å²) in [6, 6.07) is 12.2. The second-order valence-corrected chi connectivity index (χ2v) is 5.49. The molecule has 112 valence electrons. The summed E-state index contributed by atoms with van der Waals surface area (Å²) in [6.45, 7) is 7.12. The number of rotatable bonds is 6. The van der Waals surface area contributed by atoms with Gasteiger partial charge in [0.2, 0.25) is 0 Å². The monoisotopic (exact) mass is 285 g/mol. The number of nitrogens with one attached hydrogen (secondary N) is 2. The van der Waals surface area contributed by atoms with E-state index in [1.165, 1.54) is 5.56 Å². The summed E-state index contributed by atoms with van der Waals surface area (Å²) >= 11 is 0. The highest BCUT2D eigenvalue weighted by Gasteiger charge is 2.09. The zero-order valence-electron chi connectivity index (χ0n) is 12.8. The Morgan fingerprint density at radius 1 is 1.05 bits per heavy atom. The second kappa shape index (κ2) is 7.04. The van der Waals surface area contributed by atoms with Crippen LogP contribution >= 0.6 is 0 Å². The van der Waals surface area contributed by atoms with Crippen molar-refractivity contribution in [3.8, 4) is 0 Å². The van der Waals surface area contributed by atoms with Crippen molar-refractivity contribution >= 4 is 11.6 Å². The minimum atomic E-state index is 0.255. The number of hydrogen-bond acceptors (Lipinski definition) is 5. The van der Waals surface area contributed by atoms with E-state index in [1.54, 1.807) is 0 Å². The van der Waals surface area contributed by atoms with Gasteiger partial charge in [-0.25, -0.2) is 15.8 Å². The Kier molecular flexibility index (Phi) is 5.11. The standard InChI is InChI=1S/C16H23N5/c1-11(2)16-19-14(9-15(20-16)21-17)18-10-12(3)13-7-5-4-6-8-13/h4-9,11-12H,10,17H2,1-3H3,(H2,18,19,20,21). The third-order valence-electron chi connectivity index (χ3n) is 3.37. The largest absolute Gasteiger partial charge is 0.369 e. The fraction of sp³-hybridized carbons (Fsp3) is 0.375. The van der Waals surface area contributed by atoms with Crippen LogP contribution in [0, 0.1) is 0 Å². The van der Waals surface area contributed by atoms with Crippen LogP contribution in [0.1, 0.15) is 44.0 Å². The molecule has 5 nitrogen and oxygen atoms in total. The lowest BCUT2D eigenvalue weighted by atomic mass is 10.0. The molecule has 4 N–H and O–H groups in total. The average molecular weight is 285 g/mol. The third kappa shape index (κ3) is 4.16. The van der Waals surface area contributed by atoms with Crippen molar-refractivity contribution in [2.75, 3.05) is 17.3 Å². The van der Waals surface area contributed by atoms with Gasteiger partial charge in [-0.05, 0) is 11.5 Å². The Hall–Kier alpha value is -2.14. The highest BCUT2D eigenvalue weighted by Crippen LogP contribution is 2.19. The maximum absolute atomic E-state index is 5.47. The van der Waals surface area contributed by atoms with Crippen molar-refractivity contribution in [1.82, 2.24) is 9.97 Å². The molecule has 1 aromatic carbocycles. The number of benzene rings is 1. The molecule has 1 unspecified atom stereocenters. The van der Waals surface area contributed by atoms with E-state index in [-0.39, 0.29) is 5.92 Å². The molecule has 0 fully saturated rings. The van der Waals surface area contributed by atoms with Crippen LogP contribution in [0.15, 0.2) is 36.4 Å². The number of anilines is 2. The van der Waals surface area contributed by atoms with Crippen LogP contribution in [0.2, 0.25) is 0 Å². The van der Waals surface area contributed by atoms with E-state index >= 15 is 0 Å². The maximum atomic E-state index is 5.47. The molecule has 1 heterocycles. The van der Waals surface area contributed by atoms with Crippen molar-refractivity contribution in [2.45, 2.75) is 32.6 Å².